The van der Waals surface area contributed by atoms with Crippen molar-refractivity contribution in [3.63, 3.8) is 0 Å². The third-order valence-corrected chi connectivity index (χ3v) is 2.50. The highest BCUT2D eigenvalue weighted by Gasteiger charge is 2.17. The Morgan fingerprint density at radius 3 is 2.59 bits per heavy atom. The first kappa shape index (κ1) is 13.3. The van der Waals surface area contributed by atoms with E-state index in [0.717, 1.165) is 0 Å². The fraction of sp³-hybridized carbons (Fsp3) is 0.273. The fourth-order valence-electron chi connectivity index (χ4n) is 1.26. The molecule has 0 heterocycles. The first-order valence-corrected chi connectivity index (χ1v) is 5.28. The first-order valence-electron chi connectivity index (χ1n) is 4.90. The Bertz CT molecular complexity index is 459. The molecule has 0 radical (unpaired) electrons. The minimum atomic E-state index is -1.14. The number of carboxylic acid groups (broad SMARTS) is 1. The van der Waals surface area contributed by atoms with Crippen molar-refractivity contribution < 1.29 is 19.4 Å². The van der Waals surface area contributed by atoms with Crippen LogP contribution in [0.2, 0.25) is 5.02 Å². The van der Waals surface area contributed by atoms with Crippen molar-refractivity contribution >= 4 is 29.2 Å². The molecule has 0 saturated carbocycles. The van der Waals surface area contributed by atoms with Gasteiger partial charge >= 0.3 is 5.97 Å². The molecule has 0 fully saturated rings. The highest BCUT2D eigenvalue weighted by Crippen LogP contribution is 2.35. The van der Waals surface area contributed by atoms with Gasteiger partial charge in [0.2, 0.25) is 5.91 Å². The summed E-state index contributed by atoms with van der Waals surface area (Å²) in [4.78, 5) is 22.1. The Morgan fingerprint density at radius 2 is 2.12 bits per heavy atom. The molecule has 0 saturated heterocycles. The molecule has 1 amide bonds. The number of carbonyl (C=O) groups is 2. The van der Waals surface area contributed by atoms with Crippen LogP contribution in [0.15, 0.2) is 12.1 Å². The van der Waals surface area contributed by atoms with Gasteiger partial charge in [0.1, 0.15) is 10.6 Å². The normalized spacial score (nSPS) is 9.82. The van der Waals surface area contributed by atoms with E-state index in [2.05, 4.69) is 5.32 Å². The zero-order valence-electron chi connectivity index (χ0n) is 9.41. The maximum atomic E-state index is 11.2. The van der Waals surface area contributed by atoms with Crippen molar-refractivity contribution in [3.8, 4) is 5.75 Å². The summed E-state index contributed by atoms with van der Waals surface area (Å²) in [5, 5.41) is 11.5. The van der Waals surface area contributed by atoms with E-state index in [4.69, 9.17) is 21.4 Å². The van der Waals surface area contributed by atoms with Crippen molar-refractivity contribution in [2.24, 2.45) is 0 Å². The second-order valence-electron chi connectivity index (χ2n) is 3.21. The minimum absolute atomic E-state index is 0.0352. The average Bonchev–Trinajstić information content (AvgIpc) is 2.30. The number of ether oxygens (including phenoxy) is 1. The number of hydrogen-bond donors (Lipinski definition) is 2. The number of carboxylic acids is 1. The maximum Gasteiger partial charge on any atom is 0.339 e. The van der Waals surface area contributed by atoms with Crippen molar-refractivity contribution in [1.82, 2.24) is 0 Å². The third-order valence-electron chi connectivity index (χ3n) is 2.13. The van der Waals surface area contributed by atoms with E-state index < -0.39 is 5.97 Å². The minimum Gasteiger partial charge on any atom is -0.494 e. The molecule has 0 aliphatic carbocycles. The van der Waals surface area contributed by atoms with E-state index in [1.165, 1.54) is 19.2 Å². The van der Waals surface area contributed by atoms with Crippen LogP contribution in [0.5, 0.6) is 5.75 Å². The fourth-order valence-corrected chi connectivity index (χ4v) is 1.55. The van der Waals surface area contributed by atoms with Crippen LogP contribution in [-0.4, -0.2) is 24.1 Å². The number of carbonyl (C=O) groups excluding carboxylic acids is 1. The lowest BCUT2D eigenvalue weighted by Crippen LogP contribution is -2.11. The van der Waals surface area contributed by atoms with Gasteiger partial charge in [0, 0.05) is 6.42 Å². The number of benzene rings is 1. The van der Waals surface area contributed by atoms with E-state index in [9.17, 15) is 9.59 Å². The number of methoxy groups -OCH3 is 1. The Hall–Kier alpha value is -1.75. The Kier molecular flexibility index (Phi) is 4.34. The highest BCUT2D eigenvalue weighted by molar-refractivity contribution is 6.35. The van der Waals surface area contributed by atoms with Gasteiger partial charge < -0.3 is 15.2 Å². The van der Waals surface area contributed by atoms with E-state index in [1.54, 1.807) is 6.92 Å². The van der Waals surface area contributed by atoms with Crippen LogP contribution in [0.3, 0.4) is 0 Å². The van der Waals surface area contributed by atoms with E-state index in [0.29, 0.717) is 12.1 Å². The van der Waals surface area contributed by atoms with Crippen LogP contribution in [0.25, 0.3) is 0 Å². The predicted molar refractivity (Wildman–Crippen MR) is 63.9 cm³/mol. The lowest BCUT2D eigenvalue weighted by Gasteiger charge is -2.12. The molecule has 0 unspecified atom stereocenters. The molecule has 1 aromatic carbocycles. The molecule has 17 heavy (non-hydrogen) atoms. The molecule has 0 spiro atoms. The molecular weight excluding hydrogens is 246 g/mol. The number of nitrogens with one attached hydrogen (secondary N) is 1. The second kappa shape index (κ2) is 5.54. The van der Waals surface area contributed by atoms with Crippen molar-refractivity contribution in [1.29, 1.82) is 0 Å². The number of halogens is 1. The van der Waals surface area contributed by atoms with Crippen molar-refractivity contribution in [3.05, 3.63) is 22.7 Å². The summed E-state index contributed by atoms with van der Waals surface area (Å²) in [5.41, 5.74) is 0.285. The maximum absolute atomic E-state index is 11.2. The Balaban J connectivity index is 3.20. The molecule has 1 rings (SSSR count). The molecule has 5 nitrogen and oxygen atoms in total. The molecule has 0 bridgehead atoms. The first-order chi connectivity index (χ1) is 8.01. The van der Waals surface area contributed by atoms with Crippen LogP contribution < -0.4 is 10.1 Å². The van der Waals surface area contributed by atoms with Gasteiger partial charge in [0.25, 0.3) is 0 Å². The number of amides is 1. The van der Waals surface area contributed by atoms with E-state index >= 15 is 0 Å². The lowest BCUT2D eigenvalue weighted by molar-refractivity contribution is -0.115. The predicted octanol–water partition coefficient (Wildman–Crippen LogP) is 2.40. The summed E-state index contributed by atoms with van der Waals surface area (Å²) in [6.45, 7) is 1.70. The largest absolute Gasteiger partial charge is 0.494 e. The number of anilines is 1. The zero-order chi connectivity index (χ0) is 13.0. The van der Waals surface area contributed by atoms with Crippen molar-refractivity contribution in [2.45, 2.75) is 13.3 Å². The van der Waals surface area contributed by atoms with Gasteiger partial charge in [-0.05, 0) is 12.1 Å². The molecule has 0 atom stereocenters. The second-order valence-corrected chi connectivity index (χ2v) is 3.59. The molecule has 2 N–H and O–H groups in total. The van der Waals surface area contributed by atoms with Gasteiger partial charge in [-0.2, -0.15) is 0 Å². The zero-order valence-corrected chi connectivity index (χ0v) is 10.2. The Labute approximate surface area is 103 Å². The average molecular weight is 258 g/mol. The molecular formula is C11H12ClNO4. The number of rotatable bonds is 4. The topological polar surface area (TPSA) is 75.6 Å². The molecule has 0 aromatic heterocycles. The van der Waals surface area contributed by atoms with Crippen LogP contribution >= 0.6 is 11.6 Å². The molecule has 6 heteroatoms. The summed E-state index contributed by atoms with van der Waals surface area (Å²) in [6, 6.07) is 2.76. The van der Waals surface area contributed by atoms with Crippen LogP contribution in [0.4, 0.5) is 5.69 Å². The lowest BCUT2D eigenvalue weighted by atomic mass is 10.1. The molecule has 1 aromatic rings. The molecule has 0 aliphatic rings. The van der Waals surface area contributed by atoms with Crippen LogP contribution in [0, 0.1) is 0 Å². The summed E-state index contributed by atoms with van der Waals surface area (Å²) >= 11 is 5.96. The monoisotopic (exact) mass is 257 g/mol. The smallest absolute Gasteiger partial charge is 0.339 e. The third kappa shape index (κ3) is 2.88. The standard InChI is InChI=1S/C11H12ClNO4/c1-3-8(14)13-7-5-4-6(11(15)16)10(17-2)9(7)12/h4-5H,3H2,1-2H3,(H,13,14)(H,15,16). The Morgan fingerprint density at radius 1 is 1.47 bits per heavy atom. The number of hydrogen-bond acceptors (Lipinski definition) is 3. The molecule has 0 aliphatic heterocycles. The summed E-state index contributed by atoms with van der Waals surface area (Å²) < 4.78 is 4.93. The van der Waals surface area contributed by atoms with Crippen LogP contribution in [-0.2, 0) is 4.79 Å². The quantitative estimate of drug-likeness (QED) is 0.868. The van der Waals surface area contributed by atoms with Gasteiger partial charge in [-0.25, -0.2) is 4.79 Å². The summed E-state index contributed by atoms with van der Waals surface area (Å²) in [6.07, 6.45) is 0.305. The van der Waals surface area contributed by atoms with E-state index in [1.807, 2.05) is 0 Å². The van der Waals surface area contributed by atoms with E-state index in [-0.39, 0.29) is 22.2 Å². The van der Waals surface area contributed by atoms with Crippen molar-refractivity contribution in [2.75, 3.05) is 12.4 Å². The SMILES string of the molecule is CCC(=O)Nc1ccc(C(=O)O)c(OC)c1Cl. The van der Waals surface area contributed by atoms with Gasteiger partial charge in [0.15, 0.2) is 5.75 Å². The van der Waals surface area contributed by atoms with Gasteiger partial charge in [-0.1, -0.05) is 18.5 Å². The highest BCUT2D eigenvalue weighted by atomic mass is 35.5. The molecule has 92 valence electrons. The van der Waals surface area contributed by atoms with Crippen LogP contribution in [0.1, 0.15) is 23.7 Å². The summed E-state index contributed by atoms with van der Waals surface area (Å²) in [7, 11) is 1.32. The number of aromatic carboxylic acids is 1. The van der Waals surface area contributed by atoms with Gasteiger partial charge in [-0.15, -0.1) is 0 Å². The van der Waals surface area contributed by atoms with Gasteiger partial charge in [-0.3, -0.25) is 4.79 Å². The summed E-state index contributed by atoms with van der Waals surface area (Å²) in [5.74, 6) is -1.32. The van der Waals surface area contributed by atoms with Gasteiger partial charge in [0.05, 0.1) is 12.8 Å².